The minimum absolute atomic E-state index is 0.0278. The number of aromatic nitrogens is 1. The van der Waals surface area contributed by atoms with Gasteiger partial charge in [0.1, 0.15) is 11.4 Å². The summed E-state index contributed by atoms with van der Waals surface area (Å²) in [5.41, 5.74) is 0.0434. The maximum Gasteiger partial charge on any atom is 0.354 e. The maximum atomic E-state index is 12.0. The van der Waals surface area contributed by atoms with E-state index in [4.69, 9.17) is 5.11 Å². The number of rotatable bonds is 5. The number of nitrogens with one attached hydrogen (secondary N) is 1. The Kier molecular flexibility index (Phi) is 4.04. The van der Waals surface area contributed by atoms with Crippen molar-refractivity contribution in [3.05, 3.63) is 29.6 Å². The van der Waals surface area contributed by atoms with Crippen LogP contribution < -0.4 is 5.32 Å². The zero-order valence-electron chi connectivity index (χ0n) is 11.7. The molecule has 1 aromatic rings. The smallest absolute Gasteiger partial charge is 0.354 e. The molecular weight excluding hydrogens is 258 g/mol. The minimum Gasteiger partial charge on any atom is -0.477 e. The van der Waals surface area contributed by atoms with Crippen molar-refractivity contribution < 1.29 is 14.7 Å². The summed E-state index contributed by atoms with van der Waals surface area (Å²) < 4.78 is 0. The first-order chi connectivity index (χ1) is 9.44. The van der Waals surface area contributed by atoms with E-state index in [1.165, 1.54) is 24.6 Å². The Balaban J connectivity index is 2.02. The lowest BCUT2D eigenvalue weighted by atomic mass is 9.75. The molecule has 2 N–H and O–H groups in total. The SMILES string of the molecule is CN(C)C1(CNC(=O)c2cccc(C(=O)O)n2)CCC1. The molecule has 0 aromatic carbocycles. The molecule has 0 spiro atoms. The number of carbonyl (C=O) groups excluding carboxylic acids is 1. The summed E-state index contributed by atoms with van der Waals surface area (Å²) in [5.74, 6) is -1.47. The summed E-state index contributed by atoms with van der Waals surface area (Å²) in [7, 11) is 4.02. The van der Waals surface area contributed by atoms with Crippen LogP contribution in [-0.2, 0) is 0 Å². The number of aromatic carboxylic acids is 1. The summed E-state index contributed by atoms with van der Waals surface area (Å²) in [5, 5.41) is 11.7. The number of carboxylic acid groups (broad SMARTS) is 1. The highest BCUT2D eigenvalue weighted by molar-refractivity contribution is 5.94. The van der Waals surface area contributed by atoms with Crippen molar-refractivity contribution in [1.29, 1.82) is 0 Å². The molecule has 1 aliphatic carbocycles. The van der Waals surface area contributed by atoms with Crippen LogP contribution >= 0.6 is 0 Å². The van der Waals surface area contributed by atoms with Gasteiger partial charge in [-0.2, -0.15) is 0 Å². The van der Waals surface area contributed by atoms with Crippen molar-refractivity contribution in [2.75, 3.05) is 20.6 Å². The van der Waals surface area contributed by atoms with Gasteiger partial charge in [0.2, 0.25) is 0 Å². The number of carboxylic acids is 1. The van der Waals surface area contributed by atoms with Gasteiger partial charge in [0.15, 0.2) is 0 Å². The van der Waals surface area contributed by atoms with E-state index in [9.17, 15) is 9.59 Å². The number of hydrogen-bond acceptors (Lipinski definition) is 4. The highest BCUT2D eigenvalue weighted by Gasteiger charge is 2.39. The Labute approximate surface area is 117 Å². The third-order valence-electron chi connectivity index (χ3n) is 4.01. The Hall–Kier alpha value is -1.95. The normalized spacial score (nSPS) is 16.6. The molecule has 6 nitrogen and oxygen atoms in total. The average molecular weight is 277 g/mol. The Morgan fingerprint density at radius 1 is 1.35 bits per heavy atom. The fraction of sp³-hybridized carbons (Fsp3) is 0.500. The van der Waals surface area contributed by atoms with E-state index in [0.717, 1.165) is 12.8 Å². The standard InChI is InChI=1S/C14H19N3O3/c1-17(2)14(7-4-8-14)9-15-12(18)10-5-3-6-11(16-10)13(19)20/h3,5-6H,4,7-9H2,1-2H3,(H,15,18)(H,19,20). The molecule has 0 unspecified atom stereocenters. The Morgan fingerprint density at radius 2 is 2.00 bits per heavy atom. The van der Waals surface area contributed by atoms with Gasteiger partial charge < -0.3 is 15.3 Å². The molecule has 20 heavy (non-hydrogen) atoms. The van der Waals surface area contributed by atoms with E-state index < -0.39 is 5.97 Å². The first-order valence-corrected chi connectivity index (χ1v) is 6.61. The van der Waals surface area contributed by atoms with Crippen molar-refractivity contribution in [2.45, 2.75) is 24.8 Å². The lowest BCUT2D eigenvalue weighted by Crippen LogP contribution is -2.57. The van der Waals surface area contributed by atoms with E-state index in [1.807, 2.05) is 14.1 Å². The van der Waals surface area contributed by atoms with Crippen molar-refractivity contribution in [2.24, 2.45) is 0 Å². The van der Waals surface area contributed by atoms with Crippen LogP contribution in [0.5, 0.6) is 0 Å². The molecule has 0 saturated heterocycles. The largest absolute Gasteiger partial charge is 0.477 e. The molecule has 108 valence electrons. The second-order valence-corrected chi connectivity index (χ2v) is 5.37. The first-order valence-electron chi connectivity index (χ1n) is 6.61. The molecule has 1 aromatic heterocycles. The van der Waals surface area contributed by atoms with Crippen molar-refractivity contribution in [3.63, 3.8) is 0 Å². The molecule has 2 rings (SSSR count). The number of amides is 1. The summed E-state index contributed by atoms with van der Waals surface area (Å²) in [6.45, 7) is 0.553. The zero-order valence-corrected chi connectivity index (χ0v) is 11.7. The average Bonchev–Trinajstić information content (AvgIpc) is 2.37. The van der Waals surface area contributed by atoms with Gasteiger partial charge >= 0.3 is 5.97 Å². The number of nitrogens with zero attached hydrogens (tertiary/aromatic N) is 2. The fourth-order valence-electron chi connectivity index (χ4n) is 2.38. The van der Waals surface area contributed by atoms with Crippen LogP contribution in [0.4, 0.5) is 0 Å². The van der Waals surface area contributed by atoms with Crippen LogP contribution in [0.15, 0.2) is 18.2 Å². The Morgan fingerprint density at radius 3 is 2.50 bits per heavy atom. The maximum absolute atomic E-state index is 12.0. The monoisotopic (exact) mass is 277 g/mol. The van der Waals surface area contributed by atoms with Crippen LogP contribution in [0, 0.1) is 0 Å². The number of pyridine rings is 1. The molecule has 1 fully saturated rings. The van der Waals surface area contributed by atoms with E-state index >= 15 is 0 Å². The lowest BCUT2D eigenvalue weighted by Gasteiger charge is -2.47. The molecule has 6 heteroatoms. The van der Waals surface area contributed by atoms with Crippen molar-refractivity contribution in [1.82, 2.24) is 15.2 Å². The van der Waals surface area contributed by atoms with Crippen LogP contribution in [0.3, 0.4) is 0 Å². The third kappa shape index (κ3) is 2.80. The van der Waals surface area contributed by atoms with Gasteiger partial charge in [-0.25, -0.2) is 9.78 Å². The van der Waals surface area contributed by atoms with E-state index in [-0.39, 0.29) is 22.8 Å². The number of hydrogen-bond donors (Lipinski definition) is 2. The highest BCUT2D eigenvalue weighted by atomic mass is 16.4. The van der Waals surface area contributed by atoms with Gasteiger partial charge in [0, 0.05) is 12.1 Å². The Bertz CT molecular complexity index is 524. The van der Waals surface area contributed by atoms with Crippen LogP contribution in [-0.4, -0.2) is 53.0 Å². The van der Waals surface area contributed by atoms with Gasteiger partial charge in [0.05, 0.1) is 0 Å². The predicted molar refractivity (Wildman–Crippen MR) is 73.8 cm³/mol. The summed E-state index contributed by atoms with van der Waals surface area (Å²) in [4.78, 5) is 28.9. The molecule has 0 aliphatic heterocycles. The second-order valence-electron chi connectivity index (χ2n) is 5.37. The lowest BCUT2D eigenvalue weighted by molar-refractivity contribution is 0.0556. The summed E-state index contributed by atoms with van der Waals surface area (Å²) >= 11 is 0. The van der Waals surface area contributed by atoms with Gasteiger partial charge in [-0.05, 0) is 45.5 Å². The van der Waals surface area contributed by atoms with E-state index in [0.29, 0.717) is 6.54 Å². The van der Waals surface area contributed by atoms with Gasteiger partial charge in [-0.3, -0.25) is 4.79 Å². The minimum atomic E-state index is -1.14. The molecule has 1 saturated carbocycles. The van der Waals surface area contributed by atoms with Gasteiger partial charge in [0.25, 0.3) is 5.91 Å². The van der Waals surface area contributed by atoms with Crippen molar-refractivity contribution >= 4 is 11.9 Å². The van der Waals surface area contributed by atoms with Crippen LogP contribution in [0.2, 0.25) is 0 Å². The molecule has 0 bridgehead atoms. The quantitative estimate of drug-likeness (QED) is 0.839. The number of carbonyl (C=O) groups is 2. The molecule has 0 atom stereocenters. The van der Waals surface area contributed by atoms with E-state index in [2.05, 4.69) is 15.2 Å². The predicted octanol–water partition coefficient (Wildman–Crippen LogP) is 0.994. The molecule has 1 heterocycles. The van der Waals surface area contributed by atoms with Gasteiger partial charge in [-0.15, -0.1) is 0 Å². The first kappa shape index (κ1) is 14.5. The molecule has 0 radical (unpaired) electrons. The van der Waals surface area contributed by atoms with Gasteiger partial charge in [-0.1, -0.05) is 6.07 Å². The summed E-state index contributed by atoms with van der Waals surface area (Å²) in [6, 6.07) is 4.41. The molecular formula is C14H19N3O3. The zero-order chi connectivity index (χ0) is 14.8. The topological polar surface area (TPSA) is 82.5 Å². The van der Waals surface area contributed by atoms with E-state index in [1.54, 1.807) is 0 Å². The second kappa shape index (κ2) is 5.58. The fourth-order valence-corrected chi connectivity index (χ4v) is 2.38. The molecule has 1 amide bonds. The highest BCUT2D eigenvalue weighted by Crippen LogP contribution is 2.35. The van der Waals surface area contributed by atoms with Crippen LogP contribution in [0.25, 0.3) is 0 Å². The third-order valence-corrected chi connectivity index (χ3v) is 4.01. The van der Waals surface area contributed by atoms with Crippen molar-refractivity contribution in [3.8, 4) is 0 Å². The summed E-state index contributed by atoms with van der Waals surface area (Å²) in [6.07, 6.45) is 3.28. The molecule has 1 aliphatic rings. The van der Waals surface area contributed by atoms with Crippen LogP contribution in [0.1, 0.15) is 40.2 Å². The number of likely N-dealkylation sites (N-methyl/N-ethyl adjacent to an activating group) is 1.